The molecule has 3 aliphatic heterocycles. The molecular formula is C73H133NO18. The van der Waals surface area contributed by atoms with Crippen molar-refractivity contribution in [2.24, 2.45) is 0 Å². The minimum atomic E-state index is -1.97. The van der Waals surface area contributed by atoms with Gasteiger partial charge >= 0.3 is 0 Å². The molecule has 12 N–H and O–H groups in total. The summed E-state index contributed by atoms with van der Waals surface area (Å²) >= 11 is 0. The number of rotatable bonds is 57. The predicted octanol–water partition coefficient (Wildman–Crippen LogP) is 10.6. The van der Waals surface area contributed by atoms with Gasteiger partial charge in [-0.05, 0) is 51.4 Å². The number of carbonyl (C=O) groups excluding carboxylic acids is 1. The van der Waals surface area contributed by atoms with Gasteiger partial charge in [-0.25, -0.2) is 0 Å². The maximum atomic E-state index is 13.4. The second-order valence-corrected chi connectivity index (χ2v) is 26.4. The summed E-state index contributed by atoms with van der Waals surface area (Å²) in [6, 6.07) is -0.887. The molecule has 0 radical (unpaired) electrons. The minimum absolute atomic E-state index is 0.240. The summed E-state index contributed by atoms with van der Waals surface area (Å²) in [4.78, 5) is 13.4. The standard InChI is InChI=1S/C73H133NO18/c1-3-5-7-9-11-13-15-17-19-21-22-23-24-25-26-27-28-29-30-31-32-33-34-35-37-39-41-43-45-47-49-51-61(79)74-56(57(78)50-48-46-44-42-40-38-36-20-18-16-14-12-10-8-6-4-2)55-87-71-67(85)64(82)69(59(53-76)89-71)92-73-68(86)65(83)70(60(54-77)90-73)91-72-66(84)63(81)62(80)58(52-75)88-72/h5,7,11,13,17,19,22-23,56-60,62-73,75-78,80-86H,3-4,6,8-10,12,14-16,18,20-21,24-55H2,1-2H3,(H,74,79)/b7-5-,13-11-,19-17-,23-22-. The maximum absolute atomic E-state index is 13.4. The van der Waals surface area contributed by atoms with Gasteiger partial charge in [0.25, 0.3) is 0 Å². The third-order valence-corrected chi connectivity index (χ3v) is 18.4. The molecule has 3 fully saturated rings. The van der Waals surface area contributed by atoms with Gasteiger partial charge in [0.05, 0.1) is 38.6 Å². The maximum Gasteiger partial charge on any atom is 0.220 e. The van der Waals surface area contributed by atoms with Gasteiger partial charge in [-0.3, -0.25) is 4.79 Å². The van der Waals surface area contributed by atoms with Crippen molar-refractivity contribution in [2.45, 2.75) is 381 Å². The van der Waals surface area contributed by atoms with Gasteiger partial charge in [-0.1, -0.05) is 268 Å². The lowest BCUT2D eigenvalue weighted by Crippen LogP contribution is -2.66. The molecule has 0 spiro atoms. The fraction of sp³-hybridized carbons (Fsp3) is 0.877. The Bertz CT molecular complexity index is 1860. The van der Waals surface area contributed by atoms with Gasteiger partial charge in [0.15, 0.2) is 18.9 Å². The molecule has 0 aromatic heterocycles. The highest BCUT2D eigenvalue weighted by Crippen LogP contribution is 2.33. The zero-order valence-corrected chi connectivity index (χ0v) is 57.0. The Morgan fingerprint density at radius 2 is 0.750 bits per heavy atom. The molecule has 92 heavy (non-hydrogen) atoms. The molecule has 3 saturated heterocycles. The van der Waals surface area contributed by atoms with Crippen LogP contribution in [0.25, 0.3) is 0 Å². The summed E-state index contributed by atoms with van der Waals surface area (Å²) in [6.45, 7) is 1.71. The van der Waals surface area contributed by atoms with E-state index in [2.05, 4.69) is 67.8 Å². The Morgan fingerprint density at radius 1 is 0.402 bits per heavy atom. The molecule has 3 aliphatic rings. The Morgan fingerprint density at radius 3 is 1.17 bits per heavy atom. The molecule has 0 saturated carbocycles. The molecule has 3 heterocycles. The molecule has 538 valence electrons. The van der Waals surface area contributed by atoms with Crippen molar-refractivity contribution in [3.05, 3.63) is 48.6 Å². The van der Waals surface area contributed by atoms with Gasteiger partial charge in [0.2, 0.25) is 5.91 Å². The Balaban J connectivity index is 1.36. The molecule has 0 aromatic rings. The number of ether oxygens (including phenoxy) is 6. The SMILES string of the molecule is CC/C=C\C/C=C\C/C=C\C/C=C\CCCCCCCCCCCCCCCCCCCCC(=O)NC(COC1OC(CO)C(OC2OC(CO)C(OC3OC(CO)C(O)C(O)C3O)C(O)C2O)C(O)C1O)C(O)CCCCCCCCCCCCCCCCCC. The Labute approximate surface area is 554 Å². The van der Waals surface area contributed by atoms with Crippen molar-refractivity contribution in [1.82, 2.24) is 5.32 Å². The second kappa shape index (κ2) is 54.7. The van der Waals surface area contributed by atoms with Crippen LogP contribution in [0.2, 0.25) is 0 Å². The summed E-state index contributed by atoms with van der Waals surface area (Å²) in [5.74, 6) is -0.240. The highest BCUT2D eigenvalue weighted by atomic mass is 16.8. The molecular weight excluding hydrogens is 1180 g/mol. The van der Waals surface area contributed by atoms with Crippen LogP contribution in [0, 0.1) is 0 Å². The number of allylic oxidation sites excluding steroid dienone is 8. The quantitative estimate of drug-likeness (QED) is 0.0199. The van der Waals surface area contributed by atoms with Crippen molar-refractivity contribution in [1.29, 1.82) is 0 Å². The minimum Gasteiger partial charge on any atom is -0.394 e. The zero-order valence-electron chi connectivity index (χ0n) is 57.0. The first-order valence-electron chi connectivity index (χ1n) is 36.9. The number of hydrogen-bond acceptors (Lipinski definition) is 18. The smallest absolute Gasteiger partial charge is 0.220 e. The van der Waals surface area contributed by atoms with E-state index in [0.29, 0.717) is 12.8 Å². The lowest BCUT2D eigenvalue weighted by molar-refractivity contribution is -0.379. The highest BCUT2D eigenvalue weighted by Gasteiger charge is 2.53. The van der Waals surface area contributed by atoms with Crippen molar-refractivity contribution < 1.29 is 89.4 Å². The van der Waals surface area contributed by atoms with Crippen molar-refractivity contribution in [3.8, 4) is 0 Å². The lowest BCUT2D eigenvalue weighted by atomic mass is 9.96. The summed E-state index contributed by atoms with van der Waals surface area (Å²) in [7, 11) is 0. The van der Waals surface area contributed by atoms with E-state index in [1.54, 1.807) is 0 Å². The fourth-order valence-corrected chi connectivity index (χ4v) is 12.5. The molecule has 19 heteroatoms. The van der Waals surface area contributed by atoms with Crippen LogP contribution in [0.4, 0.5) is 0 Å². The number of nitrogens with one attached hydrogen (secondary N) is 1. The summed E-state index contributed by atoms with van der Waals surface area (Å²) in [6.07, 6.45) is 39.1. The van der Waals surface area contributed by atoms with Crippen molar-refractivity contribution in [2.75, 3.05) is 26.4 Å². The van der Waals surface area contributed by atoms with Crippen LogP contribution in [0.15, 0.2) is 48.6 Å². The highest BCUT2D eigenvalue weighted by molar-refractivity contribution is 5.76. The summed E-state index contributed by atoms with van der Waals surface area (Å²) < 4.78 is 34.4. The number of unbranched alkanes of at least 4 members (excludes halogenated alkanes) is 33. The fourth-order valence-electron chi connectivity index (χ4n) is 12.5. The summed E-state index contributed by atoms with van der Waals surface area (Å²) in [5, 5.41) is 121. The van der Waals surface area contributed by atoms with Crippen LogP contribution < -0.4 is 5.32 Å². The van der Waals surface area contributed by atoms with E-state index in [4.69, 9.17) is 28.4 Å². The van der Waals surface area contributed by atoms with Crippen LogP contribution in [-0.4, -0.2) is 193 Å². The number of aliphatic hydroxyl groups is 11. The topological polar surface area (TPSA) is 307 Å². The van der Waals surface area contributed by atoms with Gasteiger partial charge in [-0.15, -0.1) is 0 Å². The van der Waals surface area contributed by atoms with E-state index in [1.807, 2.05) is 0 Å². The van der Waals surface area contributed by atoms with Gasteiger partial charge in [0.1, 0.15) is 73.2 Å². The Kier molecular flexibility index (Phi) is 50.0. The van der Waals surface area contributed by atoms with Crippen LogP contribution >= 0.6 is 0 Å². The number of aliphatic hydroxyl groups excluding tert-OH is 11. The van der Waals surface area contributed by atoms with E-state index in [0.717, 1.165) is 70.6 Å². The molecule has 0 bridgehead atoms. The number of hydrogen-bond donors (Lipinski definition) is 12. The van der Waals surface area contributed by atoms with Crippen LogP contribution in [0.5, 0.6) is 0 Å². The zero-order chi connectivity index (χ0) is 66.8. The van der Waals surface area contributed by atoms with Gasteiger partial charge in [-0.2, -0.15) is 0 Å². The first-order chi connectivity index (χ1) is 44.8. The van der Waals surface area contributed by atoms with Crippen LogP contribution in [0.1, 0.15) is 277 Å². The molecule has 3 rings (SSSR count). The van der Waals surface area contributed by atoms with Crippen molar-refractivity contribution in [3.63, 3.8) is 0 Å². The average Bonchev–Trinajstić information content (AvgIpc) is 0.834. The molecule has 0 aromatic carbocycles. The lowest BCUT2D eigenvalue weighted by Gasteiger charge is -2.48. The summed E-state index contributed by atoms with van der Waals surface area (Å²) in [5.41, 5.74) is 0. The third kappa shape index (κ3) is 35.8. The van der Waals surface area contributed by atoms with Crippen LogP contribution in [0.3, 0.4) is 0 Å². The van der Waals surface area contributed by atoms with E-state index in [9.17, 15) is 61.0 Å². The molecule has 17 atom stereocenters. The first-order valence-corrected chi connectivity index (χ1v) is 36.9. The van der Waals surface area contributed by atoms with Crippen molar-refractivity contribution >= 4 is 5.91 Å². The number of amides is 1. The number of carbonyl (C=O) groups is 1. The second-order valence-electron chi connectivity index (χ2n) is 26.4. The Hall–Kier alpha value is -2.25. The normalized spacial score (nSPS) is 27.9. The molecule has 0 aliphatic carbocycles. The largest absolute Gasteiger partial charge is 0.394 e. The first kappa shape index (κ1) is 84.0. The van der Waals surface area contributed by atoms with E-state index < -0.39 is 124 Å². The molecule has 1 amide bonds. The van der Waals surface area contributed by atoms with Crippen LogP contribution in [-0.2, 0) is 33.2 Å². The van der Waals surface area contributed by atoms with E-state index >= 15 is 0 Å². The molecule has 19 nitrogen and oxygen atoms in total. The monoisotopic (exact) mass is 1310 g/mol. The van der Waals surface area contributed by atoms with E-state index in [-0.39, 0.29) is 18.9 Å². The average molecular weight is 1310 g/mol. The van der Waals surface area contributed by atoms with E-state index in [1.165, 1.54) is 173 Å². The predicted molar refractivity (Wildman–Crippen MR) is 360 cm³/mol. The van der Waals surface area contributed by atoms with Gasteiger partial charge < -0.3 is 89.9 Å². The van der Waals surface area contributed by atoms with Gasteiger partial charge in [0, 0.05) is 6.42 Å². The third-order valence-electron chi connectivity index (χ3n) is 18.4. The molecule has 17 unspecified atom stereocenters.